The van der Waals surface area contributed by atoms with Gasteiger partial charge in [-0.15, -0.1) is 0 Å². The zero-order chi connectivity index (χ0) is 9.10. The smallest absolute Gasteiger partial charge is 0.00199 e. The molecule has 13 heavy (non-hydrogen) atoms. The van der Waals surface area contributed by atoms with Gasteiger partial charge in [-0.05, 0) is 43.7 Å². The zero-order valence-electron chi connectivity index (χ0n) is 8.89. The van der Waals surface area contributed by atoms with Crippen LogP contribution in [0.3, 0.4) is 0 Å². The highest BCUT2D eigenvalue weighted by Gasteiger charge is 2.23. The summed E-state index contributed by atoms with van der Waals surface area (Å²) < 4.78 is 0. The second-order valence-corrected chi connectivity index (χ2v) is 5.22. The van der Waals surface area contributed by atoms with Crippen molar-refractivity contribution in [2.24, 2.45) is 17.8 Å². The molecule has 0 radical (unpaired) electrons. The van der Waals surface area contributed by atoms with Crippen molar-refractivity contribution in [1.29, 1.82) is 0 Å². The fourth-order valence-corrected chi connectivity index (χ4v) is 2.95. The van der Waals surface area contributed by atoms with E-state index in [4.69, 9.17) is 0 Å². The average Bonchev–Trinajstić information content (AvgIpc) is 2.62. The molecule has 2 aliphatic rings. The van der Waals surface area contributed by atoms with E-state index < -0.39 is 0 Å². The summed E-state index contributed by atoms with van der Waals surface area (Å²) in [7, 11) is 0. The summed E-state index contributed by atoms with van der Waals surface area (Å²) in [5.41, 5.74) is 0. The van der Waals surface area contributed by atoms with E-state index in [2.05, 4.69) is 12.2 Å². The molecule has 0 aromatic rings. The van der Waals surface area contributed by atoms with Crippen LogP contribution in [-0.4, -0.2) is 13.1 Å². The molecule has 0 aromatic heterocycles. The van der Waals surface area contributed by atoms with E-state index in [-0.39, 0.29) is 0 Å². The van der Waals surface area contributed by atoms with E-state index in [1.165, 1.54) is 51.6 Å². The summed E-state index contributed by atoms with van der Waals surface area (Å²) >= 11 is 0. The first-order chi connectivity index (χ1) is 6.34. The van der Waals surface area contributed by atoms with E-state index in [0.717, 1.165) is 17.8 Å². The fraction of sp³-hybridized carbons (Fsp3) is 1.00. The Balaban J connectivity index is 1.69. The molecular formula is C12H23N. The Labute approximate surface area is 82.3 Å². The molecule has 0 aromatic carbocycles. The van der Waals surface area contributed by atoms with E-state index in [1.807, 2.05) is 0 Å². The van der Waals surface area contributed by atoms with Crippen molar-refractivity contribution in [3.63, 3.8) is 0 Å². The minimum Gasteiger partial charge on any atom is -0.316 e. The van der Waals surface area contributed by atoms with E-state index in [9.17, 15) is 0 Å². The Morgan fingerprint density at radius 1 is 1.00 bits per heavy atom. The molecule has 1 saturated carbocycles. The number of hydrogen-bond donors (Lipinski definition) is 1. The van der Waals surface area contributed by atoms with Gasteiger partial charge in [-0.1, -0.05) is 32.6 Å². The maximum absolute atomic E-state index is 3.47. The lowest BCUT2D eigenvalue weighted by Crippen LogP contribution is -2.17. The minimum atomic E-state index is 1.01. The Morgan fingerprint density at radius 3 is 2.38 bits per heavy atom. The van der Waals surface area contributed by atoms with Crippen molar-refractivity contribution in [1.82, 2.24) is 5.32 Å². The van der Waals surface area contributed by atoms with Gasteiger partial charge in [-0.25, -0.2) is 0 Å². The molecule has 2 rings (SSSR count). The van der Waals surface area contributed by atoms with Crippen molar-refractivity contribution in [2.45, 2.75) is 45.4 Å². The van der Waals surface area contributed by atoms with Gasteiger partial charge < -0.3 is 5.32 Å². The lowest BCUT2D eigenvalue weighted by atomic mass is 9.78. The fourth-order valence-electron chi connectivity index (χ4n) is 2.95. The van der Waals surface area contributed by atoms with Gasteiger partial charge in [0.1, 0.15) is 0 Å². The summed E-state index contributed by atoms with van der Waals surface area (Å²) in [4.78, 5) is 0. The molecule has 76 valence electrons. The highest BCUT2D eigenvalue weighted by atomic mass is 14.9. The predicted octanol–water partition coefficient (Wildman–Crippen LogP) is 2.81. The quantitative estimate of drug-likeness (QED) is 0.690. The Bertz CT molecular complexity index is 141. The standard InChI is InChI=1S/C12H23N/c1-10-2-4-11(5-3-10)8-12-6-7-13-9-12/h10-13H,2-9H2,1H3. The summed E-state index contributed by atoms with van der Waals surface area (Å²) in [6, 6.07) is 0. The monoisotopic (exact) mass is 181 g/mol. The molecule has 1 unspecified atom stereocenters. The normalized spacial score (nSPS) is 40.8. The number of nitrogens with one attached hydrogen (secondary N) is 1. The van der Waals surface area contributed by atoms with Gasteiger partial charge in [0.05, 0.1) is 0 Å². The molecule has 1 saturated heterocycles. The van der Waals surface area contributed by atoms with E-state index in [0.29, 0.717) is 0 Å². The molecule has 1 atom stereocenters. The average molecular weight is 181 g/mol. The zero-order valence-corrected chi connectivity index (χ0v) is 8.89. The summed E-state index contributed by atoms with van der Waals surface area (Å²) in [6.07, 6.45) is 8.96. The van der Waals surface area contributed by atoms with Gasteiger partial charge in [0, 0.05) is 0 Å². The van der Waals surface area contributed by atoms with Gasteiger partial charge >= 0.3 is 0 Å². The van der Waals surface area contributed by atoms with Crippen LogP contribution in [0.2, 0.25) is 0 Å². The van der Waals surface area contributed by atoms with Crippen LogP contribution in [0.4, 0.5) is 0 Å². The molecule has 1 aliphatic carbocycles. The number of hydrogen-bond acceptors (Lipinski definition) is 1. The van der Waals surface area contributed by atoms with Gasteiger partial charge in [0.25, 0.3) is 0 Å². The van der Waals surface area contributed by atoms with Gasteiger partial charge in [-0.2, -0.15) is 0 Å². The second-order valence-electron chi connectivity index (χ2n) is 5.22. The molecule has 1 nitrogen and oxygen atoms in total. The molecule has 0 bridgehead atoms. The molecule has 0 spiro atoms. The summed E-state index contributed by atoms with van der Waals surface area (Å²) in [5.74, 6) is 3.09. The van der Waals surface area contributed by atoms with Crippen LogP contribution < -0.4 is 5.32 Å². The van der Waals surface area contributed by atoms with Crippen molar-refractivity contribution in [3.05, 3.63) is 0 Å². The van der Waals surface area contributed by atoms with E-state index >= 15 is 0 Å². The highest BCUT2D eigenvalue weighted by molar-refractivity contribution is 4.77. The molecule has 0 amide bonds. The Hall–Kier alpha value is -0.0400. The van der Waals surface area contributed by atoms with E-state index in [1.54, 1.807) is 0 Å². The lowest BCUT2D eigenvalue weighted by Gasteiger charge is -2.27. The molecule has 1 aliphatic heterocycles. The SMILES string of the molecule is CC1CCC(CC2CCNC2)CC1. The van der Waals surface area contributed by atoms with Crippen LogP contribution >= 0.6 is 0 Å². The third kappa shape index (κ3) is 2.70. The summed E-state index contributed by atoms with van der Waals surface area (Å²) in [5, 5.41) is 3.47. The molecular weight excluding hydrogens is 158 g/mol. The Morgan fingerprint density at radius 2 is 1.77 bits per heavy atom. The van der Waals surface area contributed by atoms with Crippen molar-refractivity contribution < 1.29 is 0 Å². The van der Waals surface area contributed by atoms with Gasteiger partial charge in [0.15, 0.2) is 0 Å². The summed E-state index contributed by atoms with van der Waals surface area (Å²) in [6.45, 7) is 4.98. The van der Waals surface area contributed by atoms with Crippen LogP contribution in [0, 0.1) is 17.8 Å². The van der Waals surface area contributed by atoms with Crippen LogP contribution in [0.15, 0.2) is 0 Å². The van der Waals surface area contributed by atoms with Gasteiger partial charge in [-0.3, -0.25) is 0 Å². The Kier molecular flexibility index (Phi) is 3.26. The molecule has 1 heteroatoms. The van der Waals surface area contributed by atoms with Crippen LogP contribution in [0.5, 0.6) is 0 Å². The maximum Gasteiger partial charge on any atom is -0.00199 e. The first kappa shape index (κ1) is 9.51. The minimum absolute atomic E-state index is 1.01. The molecule has 1 heterocycles. The van der Waals surface area contributed by atoms with Crippen LogP contribution in [0.25, 0.3) is 0 Å². The lowest BCUT2D eigenvalue weighted by molar-refractivity contribution is 0.251. The van der Waals surface area contributed by atoms with Crippen LogP contribution in [-0.2, 0) is 0 Å². The third-order valence-corrected chi connectivity index (χ3v) is 3.96. The van der Waals surface area contributed by atoms with Crippen molar-refractivity contribution in [3.8, 4) is 0 Å². The second kappa shape index (κ2) is 4.45. The van der Waals surface area contributed by atoms with Crippen molar-refractivity contribution >= 4 is 0 Å². The predicted molar refractivity (Wildman–Crippen MR) is 56.7 cm³/mol. The first-order valence-electron chi connectivity index (χ1n) is 6.05. The van der Waals surface area contributed by atoms with Crippen molar-refractivity contribution in [2.75, 3.05) is 13.1 Å². The number of rotatable bonds is 2. The maximum atomic E-state index is 3.47. The molecule has 1 N–H and O–H groups in total. The molecule has 2 fully saturated rings. The largest absolute Gasteiger partial charge is 0.316 e. The van der Waals surface area contributed by atoms with Gasteiger partial charge in [0.2, 0.25) is 0 Å². The highest BCUT2D eigenvalue weighted by Crippen LogP contribution is 2.33. The van der Waals surface area contributed by atoms with Crippen LogP contribution in [0.1, 0.15) is 45.4 Å². The topological polar surface area (TPSA) is 12.0 Å². The third-order valence-electron chi connectivity index (χ3n) is 3.96. The first-order valence-corrected chi connectivity index (χ1v) is 6.05.